The van der Waals surface area contributed by atoms with Crippen LogP contribution in [0.5, 0.6) is 0 Å². The molecule has 6 aromatic rings. The van der Waals surface area contributed by atoms with Gasteiger partial charge in [0.05, 0.1) is 74.5 Å². The van der Waals surface area contributed by atoms with Crippen LogP contribution >= 0.6 is 0 Å². The number of hydrogen-bond donors (Lipinski definition) is 10. The maximum Gasteiger partial charge on any atom is 0.350 e. The first-order valence-electron chi connectivity index (χ1n) is 37.8. The number of carbonyl (C=O) groups excluding carboxylic acids is 10. The van der Waals surface area contributed by atoms with Crippen molar-refractivity contribution in [1.82, 2.24) is 41.2 Å². The summed E-state index contributed by atoms with van der Waals surface area (Å²) in [6.07, 6.45) is -9.93. The molecule has 10 rings (SSSR count). The minimum absolute atomic E-state index is 0.00915. The van der Waals surface area contributed by atoms with Crippen LogP contribution in [0.2, 0.25) is 0 Å². The summed E-state index contributed by atoms with van der Waals surface area (Å²) in [5.41, 5.74) is -1.43. The molecule has 3 fully saturated rings. The summed E-state index contributed by atoms with van der Waals surface area (Å²) >= 11 is 0. The number of H-pyrrole nitrogens is 1. The van der Waals surface area contributed by atoms with Crippen LogP contribution in [0.4, 0.5) is 11.6 Å². The first kappa shape index (κ1) is 86.0. The number of amides is 4. The molecule has 2 aromatic heterocycles. The van der Waals surface area contributed by atoms with E-state index in [1.807, 2.05) is 0 Å². The molecule has 0 spiro atoms. The van der Waals surface area contributed by atoms with Crippen LogP contribution in [0.15, 0.2) is 137 Å². The van der Waals surface area contributed by atoms with E-state index in [4.69, 9.17) is 48.4 Å². The fraction of sp³-hybridized carbons (Fsp3) is 0.469. The Balaban J connectivity index is 0.681. The number of nitrogens with one attached hydrogen (secondary N) is 6. The number of ketones is 1. The fourth-order valence-electron chi connectivity index (χ4n) is 15.2. The van der Waals surface area contributed by atoms with Crippen molar-refractivity contribution in [3.05, 3.63) is 171 Å². The number of aliphatic carboxylic acids is 1. The lowest BCUT2D eigenvalue weighted by atomic mass is 9.44. The van der Waals surface area contributed by atoms with E-state index in [1.54, 1.807) is 78.9 Å². The maximum atomic E-state index is 15.9. The predicted octanol–water partition coefficient (Wildman–Crippen LogP) is 4.40. The number of carboxylic acids is 1. The topological polar surface area (TPSA) is 489 Å². The smallest absolute Gasteiger partial charge is 0.350 e. The van der Waals surface area contributed by atoms with Crippen molar-refractivity contribution >= 4 is 88.0 Å². The number of anilines is 2. The van der Waals surface area contributed by atoms with Crippen LogP contribution in [-0.4, -0.2) is 214 Å². The lowest BCUT2D eigenvalue weighted by Gasteiger charge is -2.67. The van der Waals surface area contributed by atoms with E-state index < -0.39 is 160 Å². The average Bonchev–Trinajstić information content (AvgIpc) is 0.668. The minimum atomic E-state index is -2.53. The normalized spacial score (nSPS) is 22.6. The van der Waals surface area contributed by atoms with Crippen molar-refractivity contribution < 1.29 is 111 Å². The highest BCUT2D eigenvalue weighted by Gasteiger charge is 2.78. The molecule has 4 aromatic carbocycles. The van der Waals surface area contributed by atoms with Crippen molar-refractivity contribution in [1.29, 1.82) is 0 Å². The molecular formula is C81H96N10O24. The number of ether oxygens (including phenoxy) is 9. The van der Waals surface area contributed by atoms with Crippen molar-refractivity contribution in [2.24, 2.45) is 16.7 Å². The number of aliphatic hydroxyl groups excluding tert-OH is 1. The molecule has 34 heteroatoms. The standard InChI is InChI=1S/C81H96N10O24/c1-46-56(42-81(106)69(114-75(104)52-23-14-9-15-24-52)67-79(6,57(94)41-58-80(67,45-110-58)115-48(3)93)68(98)65(111-47(2)92)62(46)78(81,4)5)112-76(105)66(63(49-19-10-7-11-20-49)89-72(100)50-21-12-8-13-22-50)113-61(97)26-16-25-59(95)83-33-17-35-107-37-39-109-40-38-108-36-18-34-84-60(96)32-31-55(74(102)103)88-71(99)51-27-29-53(30-28-51)85-43-54-44-86-64-70(87-54)90-77(82)91-73(64)101/h7-15,19-24,27-30,44,55-58,63,65-67,69,85,94,106H,16-18,25-26,31-43,45H2,1-6H3,(H,83,95)(H,84,96)(H,88,99)(H,89,100)(H,102,103)(H3,82,87,90,91,101)/t55?,56-,57-,58+,63-,65+,66+,67-,69-,79+,80-,81+/m0/s1. The number of aromatic amines is 1. The molecular weight excluding hydrogens is 1500 g/mol. The molecule has 2 saturated carbocycles. The molecule has 1 saturated heterocycles. The van der Waals surface area contributed by atoms with Gasteiger partial charge in [-0.2, -0.15) is 4.98 Å². The summed E-state index contributed by atoms with van der Waals surface area (Å²) in [6, 6.07) is 27.2. The van der Waals surface area contributed by atoms with Gasteiger partial charge in [0.2, 0.25) is 23.9 Å². The third-order valence-corrected chi connectivity index (χ3v) is 21.2. The van der Waals surface area contributed by atoms with E-state index in [2.05, 4.69) is 46.5 Å². The molecule has 4 aliphatic rings. The van der Waals surface area contributed by atoms with E-state index in [0.717, 1.165) is 13.8 Å². The zero-order valence-electron chi connectivity index (χ0n) is 64.5. The fourth-order valence-corrected chi connectivity index (χ4v) is 15.2. The Morgan fingerprint density at radius 2 is 1.29 bits per heavy atom. The summed E-state index contributed by atoms with van der Waals surface area (Å²) in [4.78, 5) is 179. The minimum Gasteiger partial charge on any atom is -0.480 e. The second-order valence-corrected chi connectivity index (χ2v) is 29.2. The molecule has 3 aliphatic carbocycles. The number of nitrogens with zero attached hydrogens (tertiary/aromatic N) is 3. The van der Waals surface area contributed by atoms with Gasteiger partial charge in [0.1, 0.15) is 36.0 Å². The van der Waals surface area contributed by atoms with Crippen molar-refractivity contribution in [2.75, 3.05) is 70.4 Å². The van der Waals surface area contributed by atoms with Gasteiger partial charge in [-0.05, 0) is 105 Å². The summed E-state index contributed by atoms with van der Waals surface area (Å²) < 4.78 is 54.0. The predicted molar refractivity (Wildman–Crippen MR) is 407 cm³/mol. The van der Waals surface area contributed by atoms with Crippen LogP contribution in [-0.2, 0) is 87.5 Å². The highest BCUT2D eigenvalue weighted by atomic mass is 16.6. The zero-order valence-corrected chi connectivity index (χ0v) is 64.5. The number of fused-ring (bicyclic) bond motifs is 6. The van der Waals surface area contributed by atoms with Crippen molar-refractivity contribution in [2.45, 2.75) is 166 Å². The number of carbonyl (C=O) groups is 11. The van der Waals surface area contributed by atoms with Gasteiger partial charge in [-0.15, -0.1) is 0 Å². The molecule has 34 nitrogen and oxygen atoms in total. The molecule has 1 aliphatic heterocycles. The number of carboxylic acid groups (broad SMARTS) is 1. The second kappa shape index (κ2) is 38.6. The van der Waals surface area contributed by atoms with Gasteiger partial charge >= 0.3 is 35.8 Å². The van der Waals surface area contributed by atoms with Gasteiger partial charge in [0.25, 0.3) is 17.4 Å². The van der Waals surface area contributed by atoms with Crippen LogP contribution < -0.4 is 37.9 Å². The van der Waals surface area contributed by atoms with Gasteiger partial charge in [-0.25, -0.2) is 24.4 Å². The number of benzene rings is 4. The van der Waals surface area contributed by atoms with Gasteiger partial charge in [-0.3, -0.25) is 48.1 Å². The number of esters is 5. The Morgan fingerprint density at radius 1 is 0.696 bits per heavy atom. The number of nitrogens with two attached hydrogens (primary N) is 1. The lowest BCUT2D eigenvalue weighted by Crippen LogP contribution is -2.82. The quantitative estimate of drug-likeness (QED) is 0.0111. The second-order valence-electron chi connectivity index (χ2n) is 29.2. The monoisotopic (exact) mass is 1590 g/mol. The van der Waals surface area contributed by atoms with Crippen molar-refractivity contribution in [3.63, 3.8) is 0 Å². The Labute approximate surface area is 661 Å². The Bertz CT molecular complexity index is 4610. The molecule has 4 amide bonds. The maximum absolute atomic E-state index is 15.9. The zero-order chi connectivity index (χ0) is 82.8. The highest BCUT2D eigenvalue weighted by molar-refractivity contribution is 5.98. The number of rotatable bonds is 38. The molecule has 12 atom stereocenters. The molecule has 11 N–H and O–H groups in total. The molecule has 115 heavy (non-hydrogen) atoms. The van der Waals surface area contributed by atoms with Gasteiger partial charge in [0, 0.05) is 94.5 Å². The Kier molecular flexibility index (Phi) is 28.9. The average molecular weight is 1590 g/mol. The summed E-state index contributed by atoms with van der Waals surface area (Å²) in [5.74, 6) is -11.2. The largest absolute Gasteiger partial charge is 0.480 e. The molecule has 614 valence electrons. The first-order valence-corrected chi connectivity index (χ1v) is 37.8. The third kappa shape index (κ3) is 20.6. The summed E-state index contributed by atoms with van der Waals surface area (Å²) in [6.45, 7) is 9.95. The van der Waals surface area contributed by atoms with E-state index in [-0.39, 0.29) is 142 Å². The highest BCUT2D eigenvalue weighted by Crippen LogP contribution is 2.64. The van der Waals surface area contributed by atoms with E-state index >= 15 is 9.59 Å². The van der Waals surface area contributed by atoms with Gasteiger partial charge < -0.3 is 90.3 Å². The molecule has 1 unspecified atom stereocenters. The van der Waals surface area contributed by atoms with E-state index in [1.165, 1.54) is 70.3 Å². The number of Topliss-reactive ketones (excluding diaryl/α,β-unsaturated/α-hetero) is 1. The molecule has 3 heterocycles. The van der Waals surface area contributed by atoms with Crippen LogP contribution in [0.3, 0.4) is 0 Å². The molecule has 2 bridgehead atoms. The van der Waals surface area contributed by atoms with E-state index in [0.29, 0.717) is 30.8 Å². The third-order valence-electron chi connectivity index (χ3n) is 21.2. The number of aromatic nitrogens is 4. The Morgan fingerprint density at radius 3 is 1.89 bits per heavy atom. The van der Waals surface area contributed by atoms with E-state index in [9.17, 15) is 63.3 Å². The summed E-state index contributed by atoms with van der Waals surface area (Å²) in [7, 11) is 0. The molecule has 0 radical (unpaired) electrons. The summed E-state index contributed by atoms with van der Waals surface area (Å²) in [5, 5.41) is 50.1. The Hall–Kier alpha value is -11.4. The lowest BCUT2D eigenvalue weighted by molar-refractivity contribution is -0.346. The van der Waals surface area contributed by atoms with Gasteiger partial charge in [-0.1, -0.05) is 80.6 Å². The van der Waals surface area contributed by atoms with Crippen LogP contribution in [0.25, 0.3) is 11.2 Å². The van der Waals surface area contributed by atoms with Crippen molar-refractivity contribution in [3.8, 4) is 0 Å². The van der Waals surface area contributed by atoms with Crippen LogP contribution in [0, 0.1) is 16.7 Å². The number of aliphatic hydroxyl groups is 2. The van der Waals surface area contributed by atoms with Gasteiger partial charge in [0.15, 0.2) is 28.7 Å². The number of hydrogen-bond acceptors (Lipinski definition) is 28. The SMILES string of the molecule is CC(=O)O[C@H]1C(=O)[C@@]2(C)[C@H]([C@H](OC(=O)c3ccccc3)[C@]3(O)C[C@H](OC(=O)[C@H](OC(=O)CCCC(=O)NCCCOCCOCCOCCCNC(=O)CCC(NC(=O)c4ccc(NCc5cnc6c(=O)[nH]c(N)nc6n5)cc4)C(=O)O)[C@@H](NC(=O)c4ccccc4)c4ccccc4)C(C)=C1C3(C)C)[C@]1(OC(C)=O)CO[C@@H]1C[C@@H]2O. The first-order chi connectivity index (χ1) is 54.9. The van der Waals surface area contributed by atoms with Crippen LogP contribution in [0.1, 0.15) is 148 Å². The number of nitrogen functional groups attached to an aromatic ring is 1.